The minimum atomic E-state index is -0.464. The van der Waals surface area contributed by atoms with Crippen LogP contribution < -0.4 is 16.1 Å². The molecule has 4 aromatic rings. The molecule has 2 N–H and O–H groups in total. The number of nitrogens with zero attached hydrogens (tertiary/aromatic N) is 2. The minimum Gasteiger partial charge on any atom is -0.497 e. The van der Waals surface area contributed by atoms with E-state index in [0.29, 0.717) is 28.5 Å². The van der Waals surface area contributed by atoms with Gasteiger partial charge in [-0.3, -0.25) is 4.79 Å². The standard InChI is InChI=1S/C25H25N3O5S/c1-13-15-8-7-14(31-2)11-18(15)33-25(30)16(13)9-10-21(29)32-12-20-27-23(26)22-17-5-3-4-6-19(17)34-24(22)28-20/h7-8,11H,3-6,9-10,12H2,1-2H3,(H2,26,27,28). The Balaban J connectivity index is 1.27. The van der Waals surface area contributed by atoms with Crippen molar-refractivity contribution in [3.8, 4) is 5.75 Å². The van der Waals surface area contributed by atoms with Gasteiger partial charge in [0.2, 0.25) is 0 Å². The Morgan fingerprint density at radius 2 is 2.06 bits per heavy atom. The molecule has 0 atom stereocenters. The number of carbonyl (C=O) groups excluding carboxylic acids is 1. The van der Waals surface area contributed by atoms with Gasteiger partial charge in [-0.25, -0.2) is 14.8 Å². The summed E-state index contributed by atoms with van der Waals surface area (Å²) >= 11 is 1.65. The Hall–Kier alpha value is -3.46. The molecule has 0 spiro atoms. The first-order valence-electron chi connectivity index (χ1n) is 11.3. The van der Waals surface area contributed by atoms with Crippen molar-refractivity contribution >= 4 is 44.3 Å². The van der Waals surface area contributed by atoms with Crippen molar-refractivity contribution in [2.75, 3.05) is 12.8 Å². The zero-order valence-electron chi connectivity index (χ0n) is 19.1. The Kier molecular flexibility index (Phi) is 5.95. The fraction of sp³-hybridized carbons (Fsp3) is 0.360. The van der Waals surface area contributed by atoms with E-state index in [2.05, 4.69) is 9.97 Å². The van der Waals surface area contributed by atoms with Gasteiger partial charge in [0.05, 0.1) is 12.5 Å². The van der Waals surface area contributed by atoms with Gasteiger partial charge in [-0.15, -0.1) is 11.3 Å². The number of carbonyl (C=O) groups is 1. The molecule has 0 radical (unpaired) electrons. The van der Waals surface area contributed by atoms with Crippen molar-refractivity contribution < 1.29 is 18.7 Å². The van der Waals surface area contributed by atoms with Gasteiger partial charge in [0, 0.05) is 28.3 Å². The van der Waals surface area contributed by atoms with Crippen molar-refractivity contribution in [1.29, 1.82) is 0 Å². The van der Waals surface area contributed by atoms with Crippen LogP contribution >= 0.6 is 11.3 Å². The van der Waals surface area contributed by atoms with Crippen LogP contribution in [0.2, 0.25) is 0 Å². The molecule has 1 aromatic carbocycles. The Labute approximate surface area is 199 Å². The number of aryl methyl sites for hydroxylation is 3. The number of hydrogen-bond donors (Lipinski definition) is 1. The number of hydrogen-bond acceptors (Lipinski definition) is 9. The first-order valence-corrected chi connectivity index (χ1v) is 12.1. The number of fused-ring (bicyclic) bond motifs is 4. The van der Waals surface area contributed by atoms with Crippen LogP contribution in [0.25, 0.3) is 21.2 Å². The molecule has 0 saturated carbocycles. The van der Waals surface area contributed by atoms with E-state index in [1.54, 1.807) is 30.6 Å². The normalized spacial score (nSPS) is 13.2. The summed E-state index contributed by atoms with van der Waals surface area (Å²) in [4.78, 5) is 36.0. The highest BCUT2D eigenvalue weighted by molar-refractivity contribution is 7.19. The number of nitrogen functional groups attached to an aromatic ring is 1. The monoisotopic (exact) mass is 479 g/mol. The van der Waals surface area contributed by atoms with E-state index in [-0.39, 0.29) is 19.4 Å². The number of esters is 1. The predicted molar refractivity (Wildman–Crippen MR) is 130 cm³/mol. The number of anilines is 1. The maximum Gasteiger partial charge on any atom is 0.339 e. The van der Waals surface area contributed by atoms with E-state index >= 15 is 0 Å². The van der Waals surface area contributed by atoms with E-state index in [0.717, 1.165) is 40.4 Å². The molecule has 0 amide bonds. The first kappa shape index (κ1) is 22.3. The quantitative estimate of drug-likeness (QED) is 0.322. The molecule has 0 saturated heterocycles. The highest BCUT2D eigenvalue weighted by atomic mass is 32.1. The van der Waals surface area contributed by atoms with E-state index in [4.69, 9.17) is 19.6 Å². The largest absolute Gasteiger partial charge is 0.497 e. The molecule has 5 rings (SSSR count). The van der Waals surface area contributed by atoms with Crippen LogP contribution in [0.3, 0.4) is 0 Å². The minimum absolute atomic E-state index is 0.0400. The molecule has 0 fully saturated rings. The summed E-state index contributed by atoms with van der Waals surface area (Å²) in [5.41, 5.74) is 8.73. The van der Waals surface area contributed by atoms with Crippen molar-refractivity contribution in [2.24, 2.45) is 0 Å². The first-order chi connectivity index (χ1) is 16.4. The molecule has 0 unspecified atom stereocenters. The number of thiophene rings is 1. The lowest BCUT2D eigenvalue weighted by molar-refractivity contribution is -0.145. The number of rotatable bonds is 6. The van der Waals surface area contributed by atoms with Crippen molar-refractivity contribution in [1.82, 2.24) is 9.97 Å². The summed E-state index contributed by atoms with van der Waals surface area (Å²) in [6.07, 6.45) is 4.65. The van der Waals surface area contributed by atoms with Crippen LogP contribution in [0, 0.1) is 6.92 Å². The second kappa shape index (κ2) is 9.06. The molecule has 1 aliphatic carbocycles. The van der Waals surface area contributed by atoms with Crippen LogP contribution in [0.15, 0.2) is 27.4 Å². The zero-order valence-corrected chi connectivity index (χ0v) is 19.9. The van der Waals surface area contributed by atoms with Crippen molar-refractivity contribution in [3.63, 3.8) is 0 Å². The van der Waals surface area contributed by atoms with E-state index in [1.807, 2.05) is 13.0 Å². The molecule has 8 nitrogen and oxygen atoms in total. The van der Waals surface area contributed by atoms with E-state index < -0.39 is 11.6 Å². The van der Waals surface area contributed by atoms with E-state index in [9.17, 15) is 9.59 Å². The molecule has 0 aliphatic heterocycles. The summed E-state index contributed by atoms with van der Waals surface area (Å²) in [6.45, 7) is 1.78. The van der Waals surface area contributed by atoms with Gasteiger partial charge in [-0.2, -0.15) is 0 Å². The summed E-state index contributed by atoms with van der Waals surface area (Å²) in [7, 11) is 1.55. The van der Waals surface area contributed by atoms with Crippen LogP contribution in [-0.4, -0.2) is 23.0 Å². The molecule has 176 valence electrons. The molecule has 3 aromatic heterocycles. The smallest absolute Gasteiger partial charge is 0.339 e. The fourth-order valence-corrected chi connectivity index (χ4v) is 5.82. The van der Waals surface area contributed by atoms with Crippen LogP contribution in [0.4, 0.5) is 5.82 Å². The van der Waals surface area contributed by atoms with Crippen LogP contribution in [-0.2, 0) is 35.4 Å². The van der Waals surface area contributed by atoms with Gasteiger partial charge in [-0.1, -0.05) is 0 Å². The number of benzene rings is 1. The molecule has 9 heteroatoms. The van der Waals surface area contributed by atoms with Gasteiger partial charge < -0.3 is 19.6 Å². The summed E-state index contributed by atoms with van der Waals surface area (Å²) < 4.78 is 16.0. The second-order valence-electron chi connectivity index (χ2n) is 8.43. The van der Waals surface area contributed by atoms with Crippen molar-refractivity contribution in [3.05, 3.63) is 56.0 Å². The maximum absolute atomic E-state index is 12.5. The predicted octanol–water partition coefficient (Wildman–Crippen LogP) is 4.25. The number of nitrogens with two attached hydrogens (primary N) is 1. The van der Waals surface area contributed by atoms with Gasteiger partial charge in [-0.05, 0) is 62.3 Å². The lowest BCUT2D eigenvalue weighted by Crippen LogP contribution is -2.14. The van der Waals surface area contributed by atoms with E-state index in [1.165, 1.54) is 16.9 Å². The molecule has 3 heterocycles. The highest BCUT2D eigenvalue weighted by Gasteiger charge is 2.20. The summed E-state index contributed by atoms with van der Waals surface area (Å²) in [5.74, 6) is 0.986. The number of methoxy groups -OCH3 is 1. The third-order valence-electron chi connectivity index (χ3n) is 6.32. The average molecular weight is 480 g/mol. The van der Waals surface area contributed by atoms with Gasteiger partial charge in [0.1, 0.15) is 22.0 Å². The fourth-order valence-electron chi connectivity index (χ4n) is 4.53. The summed E-state index contributed by atoms with van der Waals surface area (Å²) in [5, 5.41) is 1.76. The van der Waals surface area contributed by atoms with Crippen molar-refractivity contribution in [2.45, 2.75) is 52.1 Å². The Morgan fingerprint density at radius 3 is 2.88 bits per heavy atom. The number of ether oxygens (including phenoxy) is 2. The molecule has 0 bridgehead atoms. The van der Waals surface area contributed by atoms with Gasteiger partial charge >= 0.3 is 11.6 Å². The lowest BCUT2D eigenvalue weighted by Gasteiger charge is -2.11. The maximum atomic E-state index is 12.5. The third-order valence-corrected chi connectivity index (χ3v) is 7.51. The average Bonchev–Trinajstić information content (AvgIpc) is 3.21. The second-order valence-corrected chi connectivity index (χ2v) is 9.52. The molecule has 1 aliphatic rings. The SMILES string of the molecule is COc1ccc2c(C)c(CCC(=O)OCc3nc(N)c4c5c(sc4n3)CCCC5)c(=O)oc2c1. The molecule has 34 heavy (non-hydrogen) atoms. The van der Waals surface area contributed by atoms with Crippen LogP contribution in [0.5, 0.6) is 5.75 Å². The Morgan fingerprint density at radius 1 is 1.24 bits per heavy atom. The van der Waals surface area contributed by atoms with Gasteiger partial charge in [0.25, 0.3) is 0 Å². The molecular weight excluding hydrogens is 454 g/mol. The third kappa shape index (κ3) is 4.11. The Bertz CT molecular complexity index is 1470. The topological polar surface area (TPSA) is 118 Å². The highest BCUT2D eigenvalue weighted by Crippen LogP contribution is 2.37. The molecular formula is C25H25N3O5S. The summed E-state index contributed by atoms with van der Waals surface area (Å²) in [6, 6.07) is 5.32. The van der Waals surface area contributed by atoms with Crippen LogP contribution in [0.1, 0.15) is 46.7 Å². The zero-order chi connectivity index (χ0) is 23.8. The number of aromatic nitrogens is 2. The lowest BCUT2D eigenvalue weighted by atomic mass is 9.97. The van der Waals surface area contributed by atoms with Gasteiger partial charge in [0.15, 0.2) is 12.4 Å².